The van der Waals surface area contributed by atoms with E-state index in [0.717, 1.165) is 33.8 Å². The minimum atomic E-state index is 0.503. The summed E-state index contributed by atoms with van der Waals surface area (Å²) in [6.07, 6.45) is 9.76. The molecule has 0 amide bonds. The van der Waals surface area contributed by atoms with Gasteiger partial charge in [0.05, 0.1) is 12.6 Å². The van der Waals surface area contributed by atoms with Crippen molar-refractivity contribution in [2.45, 2.75) is 27.7 Å². The molecule has 23 heavy (non-hydrogen) atoms. The van der Waals surface area contributed by atoms with Gasteiger partial charge in [-0.15, -0.1) is 6.42 Å². The van der Waals surface area contributed by atoms with Crippen LogP contribution in [0.5, 0.6) is 0 Å². The maximum absolute atomic E-state index is 6.07. The van der Waals surface area contributed by atoms with Crippen LogP contribution in [0.25, 0.3) is 16.7 Å². The molecule has 0 unspecified atom stereocenters. The highest BCUT2D eigenvalue weighted by Gasteiger charge is 2.23. The van der Waals surface area contributed by atoms with Gasteiger partial charge in [0.15, 0.2) is 11.3 Å². The molecule has 0 atom stereocenters. The summed E-state index contributed by atoms with van der Waals surface area (Å²) in [4.78, 5) is 4.45. The van der Waals surface area contributed by atoms with Crippen LogP contribution in [-0.2, 0) is 7.05 Å². The van der Waals surface area contributed by atoms with Gasteiger partial charge >= 0.3 is 0 Å². The Bertz CT molecular complexity index is 976. The molecule has 0 bridgehead atoms. The number of rotatable bonds is 2. The highest BCUT2D eigenvalue weighted by atomic mass is 16.3. The Hall–Kier alpha value is -2.80. The average molecular weight is 306 g/mol. The van der Waals surface area contributed by atoms with E-state index in [-0.39, 0.29) is 0 Å². The summed E-state index contributed by atoms with van der Waals surface area (Å²) in [7, 11) is 2.02. The molecule has 0 aliphatic heterocycles. The molecule has 0 aliphatic rings. The van der Waals surface area contributed by atoms with Gasteiger partial charge in [0.25, 0.3) is 5.82 Å². The van der Waals surface area contributed by atoms with Crippen molar-refractivity contribution in [1.82, 2.24) is 4.57 Å². The van der Waals surface area contributed by atoms with E-state index < -0.39 is 0 Å². The molecule has 0 spiro atoms. The fourth-order valence-electron chi connectivity index (χ4n) is 2.74. The van der Waals surface area contributed by atoms with E-state index in [1.54, 1.807) is 0 Å². The van der Waals surface area contributed by atoms with Crippen molar-refractivity contribution in [3.63, 3.8) is 0 Å². The zero-order chi connectivity index (χ0) is 16.7. The fourth-order valence-corrected chi connectivity index (χ4v) is 2.74. The largest absolute Gasteiger partial charge is 0.433 e. The lowest BCUT2D eigenvalue weighted by atomic mass is 10.1. The molecule has 1 aromatic carbocycles. The number of aliphatic imine (C=N–C) groups is 1. The Morgan fingerprint density at radius 3 is 2.61 bits per heavy atom. The zero-order valence-electron chi connectivity index (χ0n) is 14.1. The molecule has 2 aromatic heterocycles. The van der Waals surface area contributed by atoms with Gasteiger partial charge < -0.3 is 4.42 Å². The van der Waals surface area contributed by atoms with Gasteiger partial charge in [-0.1, -0.05) is 12.0 Å². The number of imidazole rings is 1. The molecule has 0 fully saturated rings. The normalized spacial score (nSPS) is 10.8. The van der Waals surface area contributed by atoms with Gasteiger partial charge in [-0.3, -0.25) is 0 Å². The Kier molecular flexibility index (Phi) is 3.57. The first-order valence-corrected chi connectivity index (χ1v) is 7.52. The molecule has 4 heteroatoms. The van der Waals surface area contributed by atoms with Gasteiger partial charge in [0, 0.05) is 23.6 Å². The summed E-state index contributed by atoms with van der Waals surface area (Å²) in [5.41, 5.74) is 4.52. The van der Waals surface area contributed by atoms with Crippen molar-refractivity contribution >= 4 is 22.6 Å². The molecule has 0 N–H and O–H groups in total. The molecule has 4 nitrogen and oxygen atoms in total. The van der Waals surface area contributed by atoms with Crippen molar-refractivity contribution in [1.29, 1.82) is 0 Å². The van der Waals surface area contributed by atoms with E-state index in [1.165, 1.54) is 0 Å². The Balaban J connectivity index is 2.42. The highest BCUT2D eigenvalue weighted by molar-refractivity contribution is 5.96. The Morgan fingerprint density at radius 1 is 1.30 bits per heavy atom. The topological polar surface area (TPSA) is 34.3 Å². The first-order chi connectivity index (χ1) is 10.9. The van der Waals surface area contributed by atoms with Crippen LogP contribution in [0, 0.1) is 26.2 Å². The number of hydrogen-bond acceptors (Lipinski definition) is 2. The average Bonchev–Trinajstić information content (AvgIpc) is 3.00. The molecule has 3 rings (SSSR count). The van der Waals surface area contributed by atoms with Crippen molar-refractivity contribution in [2.75, 3.05) is 0 Å². The van der Waals surface area contributed by atoms with E-state index in [1.807, 2.05) is 39.4 Å². The van der Waals surface area contributed by atoms with Crippen LogP contribution in [0.2, 0.25) is 0 Å². The zero-order valence-corrected chi connectivity index (χ0v) is 14.1. The number of aryl methyl sites for hydroxylation is 2. The number of fused-ring (bicyclic) bond motifs is 1. The summed E-state index contributed by atoms with van der Waals surface area (Å²) in [5, 5.41) is 0.920. The Morgan fingerprint density at radius 2 is 2.04 bits per heavy atom. The number of nitrogens with zero attached hydrogens (tertiary/aromatic N) is 3. The van der Waals surface area contributed by atoms with Crippen LogP contribution in [0.4, 0.5) is 5.88 Å². The van der Waals surface area contributed by atoms with Gasteiger partial charge in [-0.2, -0.15) is 4.57 Å². The lowest BCUT2D eigenvalue weighted by molar-refractivity contribution is -0.677. The molecule has 3 aromatic rings. The van der Waals surface area contributed by atoms with Gasteiger partial charge in [-0.25, -0.2) is 9.56 Å². The van der Waals surface area contributed by atoms with E-state index in [9.17, 15) is 0 Å². The number of terminal acetylenes is 1. The van der Waals surface area contributed by atoms with Crippen LogP contribution >= 0.6 is 0 Å². The quantitative estimate of drug-likeness (QED) is 0.403. The van der Waals surface area contributed by atoms with E-state index >= 15 is 0 Å². The summed E-state index contributed by atoms with van der Waals surface area (Å²) >= 11 is 0. The molecule has 116 valence electrons. The number of furan rings is 1. The summed E-state index contributed by atoms with van der Waals surface area (Å²) in [6, 6.07) is 4.08. The second kappa shape index (κ2) is 5.44. The summed E-state index contributed by atoms with van der Waals surface area (Å²) in [5.74, 6) is 4.34. The van der Waals surface area contributed by atoms with E-state index in [0.29, 0.717) is 11.4 Å². The minimum absolute atomic E-state index is 0.503. The minimum Gasteiger partial charge on any atom is -0.433 e. The third-order valence-electron chi connectivity index (χ3n) is 4.02. The van der Waals surface area contributed by atoms with Gasteiger partial charge in [0.1, 0.15) is 12.4 Å². The van der Waals surface area contributed by atoms with Gasteiger partial charge in [0.2, 0.25) is 5.88 Å². The number of benzene rings is 1. The van der Waals surface area contributed by atoms with Crippen LogP contribution in [0.1, 0.15) is 30.8 Å². The summed E-state index contributed by atoms with van der Waals surface area (Å²) < 4.78 is 10.3. The molecule has 2 heterocycles. The standard InChI is InChI=1S/C19H20N3O/c1-7-15-16-9-8-13(4)17(22-11-10-21(6)14(22)5)18(16)23-19(15)20-12(2)3/h1,8-11H,2-6H3/q+1. The van der Waals surface area contributed by atoms with Crippen molar-refractivity contribution in [3.05, 3.63) is 41.5 Å². The second-order valence-corrected chi connectivity index (χ2v) is 5.92. The highest BCUT2D eigenvalue weighted by Crippen LogP contribution is 2.36. The van der Waals surface area contributed by atoms with E-state index in [4.69, 9.17) is 10.8 Å². The van der Waals surface area contributed by atoms with Crippen LogP contribution in [-0.4, -0.2) is 10.3 Å². The lowest BCUT2D eigenvalue weighted by Gasteiger charge is -2.04. The monoisotopic (exact) mass is 306 g/mol. The van der Waals surface area contributed by atoms with Gasteiger partial charge in [-0.05, 0) is 26.8 Å². The predicted molar refractivity (Wildman–Crippen MR) is 92.6 cm³/mol. The number of hydrogen-bond donors (Lipinski definition) is 0. The molecule has 0 aliphatic carbocycles. The molecular formula is C19H20N3O+. The smallest absolute Gasteiger partial charge is 0.258 e. The maximum Gasteiger partial charge on any atom is 0.258 e. The fraction of sp³-hybridized carbons (Fsp3) is 0.263. The molecule has 0 saturated carbocycles. The van der Waals surface area contributed by atoms with Crippen LogP contribution < -0.4 is 4.57 Å². The maximum atomic E-state index is 6.07. The SMILES string of the molecule is C#Cc1c(N=C(C)C)oc2c(-n3cc[n+](C)c3C)c(C)ccc12. The first-order valence-electron chi connectivity index (χ1n) is 7.52. The second-order valence-electron chi connectivity index (χ2n) is 5.92. The van der Waals surface area contributed by atoms with Crippen LogP contribution in [0.15, 0.2) is 33.9 Å². The molecule has 0 saturated heterocycles. The first kappa shape index (κ1) is 15.1. The number of aromatic nitrogens is 2. The third-order valence-corrected chi connectivity index (χ3v) is 4.02. The molecular weight excluding hydrogens is 286 g/mol. The van der Waals surface area contributed by atoms with Crippen molar-refractivity contribution in [2.24, 2.45) is 12.0 Å². The van der Waals surface area contributed by atoms with E-state index in [2.05, 4.69) is 40.0 Å². The molecule has 0 radical (unpaired) electrons. The van der Waals surface area contributed by atoms with Crippen LogP contribution in [0.3, 0.4) is 0 Å². The summed E-state index contributed by atoms with van der Waals surface area (Å²) in [6.45, 7) is 7.99. The third kappa shape index (κ3) is 2.35. The lowest BCUT2D eigenvalue weighted by Crippen LogP contribution is -2.29. The predicted octanol–water partition coefficient (Wildman–Crippen LogP) is 3.76. The van der Waals surface area contributed by atoms with Crippen molar-refractivity contribution in [3.8, 4) is 18.0 Å². The Labute approximate surface area is 136 Å². The van der Waals surface area contributed by atoms with Crippen molar-refractivity contribution < 1.29 is 8.98 Å².